The zero-order valence-corrected chi connectivity index (χ0v) is 28.7. The van der Waals surface area contributed by atoms with E-state index in [0.29, 0.717) is 11.4 Å². The Morgan fingerprint density at radius 1 is 1.16 bits per heavy atom. The molecule has 1 aromatic heterocycles. The van der Waals surface area contributed by atoms with Crippen molar-refractivity contribution in [3.05, 3.63) is 72.2 Å². The van der Waals surface area contributed by atoms with Crippen molar-refractivity contribution in [1.29, 1.82) is 5.26 Å². The summed E-state index contributed by atoms with van der Waals surface area (Å²) in [6, 6.07) is 13.0. The fraction of sp³-hybridized carbons (Fsp3) is 0.457. The molecule has 2 aliphatic heterocycles. The van der Waals surface area contributed by atoms with E-state index in [-0.39, 0.29) is 42.7 Å². The molecule has 1 saturated heterocycles. The number of likely N-dealkylation sites (N-methyl/N-ethyl adjacent to an activating group) is 1. The van der Waals surface area contributed by atoms with Gasteiger partial charge in [-0.3, -0.25) is 14.4 Å². The first-order valence-electron chi connectivity index (χ1n) is 16.3. The Bertz CT molecular complexity index is 1930. The largest absolute Gasteiger partial charge is 0.332 e. The summed E-state index contributed by atoms with van der Waals surface area (Å²) in [4.78, 5) is 44.8. The highest BCUT2D eigenvalue weighted by Crippen LogP contribution is 2.46. The first-order chi connectivity index (χ1) is 23.1. The SMILES string of the molecule is CN(C(=O)C(CC1CC1)NS(=O)(=O)c1ccn(-c2ccc(F)cc2)n1)[C@@H](CC(C)(C)C)C(=O)N1C[C@]2(C[C@H]1C#N)C(=O)Nc1ccccc12. The predicted molar refractivity (Wildman–Crippen MR) is 178 cm³/mol. The minimum atomic E-state index is -4.30. The van der Waals surface area contributed by atoms with Crippen molar-refractivity contribution in [3.8, 4) is 11.8 Å². The van der Waals surface area contributed by atoms with Gasteiger partial charge in [-0.25, -0.2) is 17.5 Å². The van der Waals surface area contributed by atoms with Crippen LogP contribution in [0.1, 0.15) is 58.4 Å². The molecule has 0 radical (unpaired) electrons. The molecule has 1 unspecified atom stereocenters. The number of benzene rings is 2. The molecular formula is C35H40FN7O5S. The highest BCUT2D eigenvalue weighted by molar-refractivity contribution is 7.89. The number of hydrogen-bond acceptors (Lipinski definition) is 7. The summed E-state index contributed by atoms with van der Waals surface area (Å²) in [5.41, 5.74) is 0.297. The fourth-order valence-electron chi connectivity index (χ4n) is 6.87. The van der Waals surface area contributed by atoms with Crippen LogP contribution in [0, 0.1) is 28.5 Å². The zero-order valence-electron chi connectivity index (χ0n) is 27.9. The molecule has 1 saturated carbocycles. The number of halogens is 1. The van der Waals surface area contributed by atoms with Crippen LogP contribution in [0.5, 0.6) is 0 Å². The summed E-state index contributed by atoms with van der Waals surface area (Å²) in [5, 5.41) is 16.9. The van der Waals surface area contributed by atoms with Crippen molar-refractivity contribution in [1.82, 2.24) is 24.3 Å². The van der Waals surface area contributed by atoms with Gasteiger partial charge in [-0.1, -0.05) is 51.8 Å². The van der Waals surface area contributed by atoms with Crippen molar-refractivity contribution in [2.75, 3.05) is 18.9 Å². The number of carbonyl (C=O) groups excluding carboxylic acids is 3. The van der Waals surface area contributed by atoms with Gasteiger partial charge in [0.1, 0.15) is 23.9 Å². The smallest absolute Gasteiger partial charge is 0.260 e. The number of para-hydroxylation sites is 1. The number of sulfonamides is 1. The first kappa shape index (κ1) is 34.3. The normalized spacial score (nSPS) is 21.6. The van der Waals surface area contributed by atoms with Crippen LogP contribution >= 0.6 is 0 Å². The van der Waals surface area contributed by atoms with E-state index >= 15 is 0 Å². The Hall–Kier alpha value is -4.61. The Balaban J connectivity index is 1.26. The highest BCUT2D eigenvalue weighted by atomic mass is 32.2. The van der Waals surface area contributed by atoms with E-state index in [9.17, 15) is 32.5 Å². The second-order valence-corrected chi connectivity index (χ2v) is 16.2. The van der Waals surface area contributed by atoms with Crippen molar-refractivity contribution >= 4 is 33.4 Å². The van der Waals surface area contributed by atoms with Gasteiger partial charge >= 0.3 is 0 Å². The van der Waals surface area contributed by atoms with Gasteiger partial charge in [0.25, 0.3) is 10.0 Å². The maximum Gasteiger partial charge on any atom is 0.260 e. The van der Waals surface area contributed by atoms with Gasteiger partial charge in [-0.05, 0) is 66.1 Å². The van der Waals surface area contributed by atoms with E-state index in [1.54, 1.807) is 12.1 Å². The van der Waals surface area contributed by atoms with Crippen LogP contribution in [0.25, 0.3) is 5.69 Å². The molecule has 3 aromatic rings. The summed E-state index contributed by atoms with van der Waals surface area (Å²) < 4.78 is 44.5. The minimum Gasteiger partial charge on any atom is -0.332 e. The highest BCUT2D eigenvalue weighted by Gasteiger charge is 2.57. The lowest BCUT2D eigenvalue weighted by molar-refractivity contribution is -0.147. The second kappa shape index (κ2) is 12.7. The molecule has 2 aromatic carbocycles. The standard InChI is InChI=1S/C35H40FN7O5S/c1-34(2,3)19-29(32(45)42-21-35(18-25(42)20-37)26-7-5-6-8-27(26)38-33(35)46)41(4)31(44)28(17-22-9-10-22)40-49(47,48)30-15-16-43(39-30)24-13-11-23(36)12-14-24/h5-8,11-16,22,25,28-29,40H,9-10,17-19,21H2,1-4H3,(H,38,46)/t25-,28?,29-,35-/m0/s1. The maximum absolute atomic E-state index is 14.5. The van der Waals surface area contributed by atoms with E-state index in [1.807, 2.05) is 32.9 Å². The molecule has 3 heterocycles. The number of nitriles is 1. The van der Waals surface area contributed by atoms with E-state index < -0.39 is 56.6 Å². The third kappa shape index (κ3) is 6.82. The lowest BCUT2D eigenvalue weighted by Gasteiger charge is -2.37. The molecule has 3 amide bonds. The Kier molecular flexibility index (Phi) is 8.87. The number of anilines is 1. The van der Waals surface area contributed by atoms with Crippen LogP contribution in [0.3, 0.4) is 0 Å². The van der Waals surface area contributed by atoms with Gasteiger partial charge in [0, 0.05) is 31.9 Å². The molecule has 2 fully saturated rings. The summed E-state index contributed by atoms with van der Waals surface area (Å²) in [7, 11) is -2.81. The Labute approximate surface area is 285 Å². The van der Waals surface area contributed by atoms with Gasteiger partial charge in [-0.15, -0.1) is 0 Å². The van der Waals surface area contributed by atoms with Gasteiger partial charge in [0.2, 0.25) is 17.7 Å². The number of nitrogens with one attached hydrogen (secondary N) is 2. The Morgan fingerprint density at radius 3 is 2.51 bits per heavy atom. The quantitative estimate of drug-likeness (QED) is 0.328. The molecule has 1 spiro atoms. The molecule has 4 atom stereocenters. The number of fused-ring (bicyclic) bond motifs is 2. The molecule has 1 aliphatic carbocycles. The van der Waals surface area contributed by atoms with Crippen molar-refractivity contribution in [2.45, 2.75) is 81.4 Å². The summed E-state index contributed by atoms with van der Waals surface area (Å²) >= 11 is 0. The first-order valence-corrected chi connectivity index (χ1v) is 17.8. The number of amides is 3. The fourth-order valence-corrected chi connectivity index (χ4v) is 8.00. The van der Waals surface area contributed by atoms with Gasteiger partial charge in [0.05, 0.1) is 17.2 Å². The summed E-state index contributed by atoms with van der Waals surface area (Å²) in [6.07, 6.45) is 3.71. The van der Waals surface area contributed by atoms with Crippen LogP contribution < -0.4 is 10.0 Å². The number of rotatable bonds is 10. The third-order valence-corrected chi connectivity index (χ3v) is 11.0. The van der Waals surface area contributed by atoms with Crippen LogP contribution in [0.2, 0.25) is 0 Å². The van der Waals surface area contributed by atoms with Crippen LogP contribution in [0.4, 0.5) is 10.1 Å². The van der Waals surface area contributed by atoms with E-state index in [0.717, 1.165) is 18.4 Å². The zero-order chi connectivity index (χ0) is 35.3. The average Bonchev–Trinajstić information content (AvgIpc) is 3.46. The molecule has 6 rings (SSSR count). The van der Waals surface area contributed by atoms with Crippen molar-refractivity contribution in [3.63, 3.8) is 0 Å². The number of likely N-dealkylation sites (tertiary alicyclic amines) is 1. The van der Waals surface area contributed by atoms with Crippen LogP contribution in [-0.4, -0.2) is 77.4 Å². The van der Waals surface area contributed by atoms with Gasteiger partial charge < -0.3 is 15.1 Å². The van der Waals surface area contributed by atoms with Crippen molar-refractivity contribution < 1.29 is 27.2 Å². The molecule has 3 aliphatic rings. The van der Waals surface area contributed by atoms with E-state index in [2.05, 4.69) is 21.2 Å². The minimum absolute atomic E-state index is 0.0234. The molecule has 0 bridgehead atoms. The molecule has 49 heavy (non-hydrogen) atoms. The summed E-state index contributed by atoms with van der Waals surface area (Å²) in [6.45, 7) is 5.77. The second-order valence-electron chi connectivity index (χ2n) is 14.6. The predicted octanol–water partition coefficient (Wildman–Crippen LogP) is 3.74. The van der Waals surface area contributed by atoms with Gasteiger partial charge in [-0.2, -0.15) is 15.1 Å². The maximum atomic E-state index is 14.5. The van der Waals surface area contributed by atoms with E-state index in [4.69, 9.17) is 0 Å². The topological polar surface area (TPSA) is 158 Å². The van der Waals surface area contributed by atoms with E-state index in [1.165, 1.54) is 58.1 Å². The van der Waals surface area contributed by atoms with Crippen LogP contribution in [-0.2, 0) is 29.8 Å². The molecule has 2 N–H and O–H groups in total. The molecule has 258 valence electrons. The number of aromatic nitrogens is 2. The Morgan fingerprint density at radius 2 is 1.86 bits per heavy atom. The monoisotopic (exact) mass is 689 g/mol. The van der Waals surface area contributed by atoms with Crippen LogP contribution in [0.15, 0.2) is 65.8 Å². The third-order valence-electron chi connectivity index (χ3n) is 9.61. The molecule has 14 heteroatoms. The summed E-state index contributed by atoms with van der Waals surface area (Å²) in [5.74, 6) is -1.64. The number of nitrogens with zero attached hydrogens (tertiary/aromatic N) is 5. The number of carbonyl (C=O) groups is 3. The lowest BCUT2D eigenvalue weighted by atomic mass is 9.80. The number of hydrogen-bond donors (Lipinski definition) is 2. The van der Waals surface area contributed by atoms with Gasteiger partial charge in [0.15, 0.2) is 5.03 Å². The molecule has 12 nitrogen and oxygen atoms in total. The average molecular weight is 690 g/mol. The molecular weight excluding hydrogens is 649 g/mol. The lowest BCUT2D eigenvalue weighted by Crippen LogP contribution is -2.56. The van der Waals surface area contributed by atoms with Crippen molar-refractivity contribution in [2.24, 2.45) is 11.3 Å².